The fourth-order valence-electron chi connectivity index (χ4n) is 1.90. The Morgan fingerprint density at radius 3 is 3.00 bits per heavy atom. The quantitative estimate of drug-likeness (QED) is 0.837. The van der Waals surface area contributed by atoms with Crippen molar-refractivity contribution in [1.29, 1.82) is 0 Å². The van der Waals surface area contributed by atoms with E-state index in [1.807, 2.05) is 0 Å². The number of ether oxygens (including phenoxy) is 1. The number of aliphatic hydroxyl groups excluding tert-OH is 1. The third-order valence-electron chi connectivity index (χ3n) is 2.89. The van der Waals surface area contributed by atoms with Crippen LogP contribution < -0.4 is 4.90 Å². The minimum absolute atomic E-state index is 0.150. The molecule has 0 radical (unpaired) electrons. The van der Waals surface area contributed by atoms with Gasteiger partial charge in [0.1, 0.15) is 6.61 Å². The molecule has 1 atom stereocenters. The average Bonchev–Trinajstić information content (AvgIpc) is 2.74. The van der Waals surface area contributed by atoms with E-state index < -0.39 is 12.1 Å². The lowest BCUT2D eigenvalue weighted by molar-refractivity contribution is 0.174. The van der Waals surface area contributed by atoms with Crippen LogP contribution in [0.4, 0.5) is 16.2 Å². The molecule has 1 aliphatic heterocycles. The van der Waals surface area contributed by atoms with Gasteiger partial charge in [0, 0.05) is 5.69 Å². The zero-order valence-electron chi connectivity index (χ0n) is 9.68. The Labute approximate surface area is 109 Å². The number of benzene rings is 1. The van der Waals surface area contributed by atoms with Gasteiger partial charge in [0.05, 0.1) is 24.2 Å². The van der Waals surface area contributed by atoms with Gasteiger partial charge in [0.15, 0.2) is 0 Å². The molecule has 1 fully saturated rings. The van der Waals surface area contributed by atoms with Crippen molar-refractivity contribution < 1.29 is 14.6 Å². The summed E-state index contributed by atoms with van der Waals surface area (Å²) in [5.41, 5.74) is 1.53. The van der Waals surface area contributed by atoms with Crippen LogP contribution in [0.1, 0.15) is 5.56 Å². The Morgan fingerprint density at radius 1 is 1.67 bits per heavy atom. The highest BCUT2D eigenvalue weighted by Crippen LogP contribution is 2.36. The molecule has 0 saturated carbocycles. The van der Waals surface area contributed by atoms with E-state index in [9.17, 15) is 9.90 Å². The fourth-order valence-corrected chi connectivity index (χ4v) is 2.10. The Kier molecular flexibility index (Phi) is 3.41. The van der Waals surface area contributed by atoms with Crippen LogP contribution in [0.2, 0.25) is 5.02 Å². The molecule has 5 nitrogen and oxygen atoms in total. The number of hydrogen-bond acceptors (Lipinski definition) is 3. The third-order valence-corrected chi connectivity index (χ3v) is 3.37. The van der Waals surface area contributed by atoms with Crippen LogP contribution in [0, 0.1) is 13.5 Å². The van der Waals surface area contributed by atoms with Gasteiger partial charge < -0.3 is 9.84 Å². The summed E-state index contributed by atoms with van der Waals surface area (Å²) in [5, 5.41) is 9.54. The van der Waals surface area contributed by atoms with Gasteiger partial charge in [-0.15, -0.1) is 0 Å². The molecule has 1 aliphatic rings. The lowest BCUT2D eigenvalue weighted by atomic mass is 10.1. The molecule has 0 aromatic heterocycles. The van der Waals surface area contributed by atoms with E-state index in [0.29, 0.717) is 22.0 Å². The van der Waals surface area contributed by atoms with Gasteiger partial charge in [-0.05, 0) is 18.6 Å². The van der Waals surface area contributed by atoms with E-state index in [0.717, 1.165) is 0 Å². The normalized spacial score (nSPS) is 18.7. The van der Waals surface area contributed by atoms with Crippen molar-refractivity contribution in [2.75, 3.05) is 18.1 Å². The molecule has 1 aromatic rings. The Hall–Kier alpha value is -1.77. The van der Waals surface area contributed by atoms with Crippen molar-refractivity contribution in [3.05, 3.63) is 34.1 Å². The molecule has 0 aliphatic carbocycles. The first kappa shape index (κ1) is 12.7. The van der Waals surface area contributed by atoms with E-state index in [1.54, 1.807) is 19.1 Å². The molecule has 0 unspecified atom stereocenters. The highest BCUT2D eigenvalue weighted by molar-refractivity contribution is 6.34. The van der Waals surface area contributed by atoms with E-state index in [-0.39, 0.29) is 13.2 Å². The number of hydrogen-bond donors (Lipinski definition) is 1. The first-order valence-electron chi connectivity index (χ1n) is 5.33. The van der Waals surface area contributed by atoms with Crippen LogP contribution in [0.3, 0.4) is 0 Å². The lowest BCUT2D eigenvalue weighted by Crippen LogP contribution is -2.36. The van der Waals surface area contributed by atoms with Gasteiger partial charge in [0.2, 0.25) is 5.69 Å². The second kappa shape index (κ2) is 4.84. The number of carbonyl (C=O) groups excluding carboxylic acids is 1. The van der Waals surface area contributed by atoms with E-state index in [2.05, 4.69) is 4.85 Å². The second-order valence-corrected chi connectivity index (χ2v) is 4.32. The van der Waals surface area contributed by atoms with Gasteiger partial charge in [-0.2, -0.15) is 0 Å². The van der Waals surface area contributed by atoms with Gasteiger partial charge in [-0.1, -0.05) is 17.7 Å². The number of nitrogens with zero attached hydrogens (tertiary/aromatic N) is 2. The highest BCUT2D eigenvalue weighted by atomic mass is 35.5. The summed E-state index contributed by atoms with van der Waals surface area (Å²) in [6.07, 6.45) is -0.510. The maximum absolute atomic E-state index is 11.7. The molecular weight excluding hydrogens is 256 g/mol. The van der Waals surface area contributed by atoms with Crippen LogP contribution in [-0.4, -0.2) is 30.5 Å². The summed E-state index contributed by atoms with van der Waals surface area (Å²) in [6, 6.07) is 2.78. The minimum atomic E-state index is -0.510. The number of cyclic esters (lactones) is 1. The van der Waals surface area contributed by atoms with Gasteiger partial charge in [-0.3, -0.25) is 4.90 Å². The SMILES string of the molecule is [C-]#[N+]c1ccc(N2C(=O)OC[C@@H]2CO)c(C)c1Cl. The molecule has 1 aromatic carbocycles. The molecule has 1 saturated heterocycles. The van der Waals surface area contributed by atoms with Crippen LogP contribution in [0.15, 0.2) is 12.1 Å². The van der Waals surface area contributed by atoms with Crippen molar-refractivity contribution in [2.45, 2.75) is 13.0 Å². The monoisotopic (exact) mass is 266 g/mol. The number of halogens is 1. The molecule has 18 heavy (non-hydrogen) atoms. The van der Waals surface area contributed by atoms with Crippen molar-refractivity contribution in [1.82, 2.24) is 0 Å². The number of carbonyl (C=O) groups is 1. The Balaban J connectivity index is 2.49. The third kappa shape index (κ3) is 1.90. The standard InChI is InChI=1S/C12H11ClN2O3/c1-7-10(4-3-9(14-2)11(7)13)15-8(5-16)6-18-12(15)17/h3-4,8,16H,5-6H2,1H3/t8-/m0/s1. The number of aliphatic hydroxyl groups is 1. The molecule has 94 valence electrons. The first-order chi connectivity index (χ1) is 8.60. The predicted molar refractivity (Wildman–Crippen MR) is 67.2 cm³/mol. The fraction of sp³-hybridized carbons (Fsp3) is 0.333. The van der Waals surface area contributed by atoms with Crippen molar-refractivity contribution in [2.24, 2.45) is 0 Å². The topological polar surface area (TPSA) is 54.1 Å². The Morgan fingerprint density at radius 2 is 2.39 bits per heavy atom. The van der Waals surface area contributed by atoms with Crippen LogP contribution in [0.25, 0.3) is 4.85 Å². The Bertz CT molecular complexity index is 539. The minimum Gasteiger partial charge on any atom is -0.447 e. The van der Waals surface area contributed by atoms with Gasteiger partial charge in [-0.25, -0.2) is 9.64 Å². The summed E-state index contributed by atoms with van der Waals surface area (Å²) in [4.78, 5) is 16.3. The van der Waals surface area contributed by atoms with Crippen LogP contribution >= 0.6 is 11.6 Å². The summed E-state index contributed by atoms with van der Waals surface area (Å²) in [5.74, 6) is 0. The number of rotatable bonds is 2. The zero-order chi connectivity index (χ0) is 13.3. The first-order valence-corrected chi connectivity index (χ1v) is 5.71. The van der Waals surface area contributed by atoms with Crippen molar-refractivity contribution in [3.8, 4) is 0 Å². The number of anilines is 1. The smallest absolute Gasteiger partial charge is 0.414 e. The molecule has 0 spiro atoms. The molecule has 6 heteroatoms. The largest absolute Gasteiger partial charge is 0.447 e. The van der Waals surface area contributed by atoms with Crippen molar-refractivity contribution >= 4 is 29.1 Å². The lowest BCUT2D eigenvalue weighted by Gasteiger charge is -2.22. The summed E-state index contributed by atoms with van der Waals surface area (Å²) < 4.78 is 4.90. The maximum atomic E-state index is 11.7. The molecule has 2 rings (SSSR count). The van der Waals surface area contributed by atoms with E-state index in [1.165, 1.54) is 4.90 Å². The molecule has 1 heterocycles. The number of amides is 1. The highest BCUT2D eigenvalue weighted by Gasteiger charge is 2.34. The molecule has 0 bridgehead atoms. The summed E-state index contributed by atoms with van der Waals surface area (Å²) in [7, 11) is 0. The van der Waals surface area contributed by atoms with Crippen LogP contribution in [-0.2, 0) is 4.74 Å². The van der Waals surface area contributed by atoms with E-state index in [4.69, 9.17) is 22.9 Å². The van der Waals surface area contributed by atoms with E-state index >= 15 is 0 Å². The van der Waals surface area contributed by atoms with Crippen molar-refractivity contribution in [3.63, 3.8) is 0 Å². The molecular formula is C12H11ClN2O3. The van der Waals surface area contributed by atoms with Crippen LogP contribution in [0.5, 0.6) is 0 Å². The maximum Gasteiger partial charge on any atom is 0.414 e. The summed E-state index contributed by atoms with van der Waals surface area (Å²) >= 11 is 6.06. The summed E-state index contributed by atoms with van der Waals surface area (Å²) in [6.45, 7) is 8.66. The second-order valence-electron chi connectivity index (χ2n) is 3.94. The molecule has 1 N–H and O–H groups in total. The predicted octanol–water partition coefficient (Wildman–Crippen LogP) is 2.52. The van der Waals surface area contributed by atoms with Gasteiger partial charge >= 0.3 is 6.09 Å². The van der Waals surface area contributed by atoms with Gasteiger partial charge in [0.25, 0.3) is 0 Å². The average molecular weight is 267 g/mol. The molecule has 1 amide bonds. The zero-order valence-corrected chi connectivity index (χ0v) is 10.4.